The van der Waals surface area contributed by atoms with Gasteiger partial charge in [0.2, 0.25) is 0 Å². The van der Waals surface area contributed by atoms with Gasteiger partial charge in [0.15, 0.2) is 0 Å². The molecule has 1 unspecified atom stereocenters. The van der Waals surface area contributed by atoms with E-state index < -0.39 is 0 Å². The molecule has 1 aliphatic heterocycles. The first kappa shape index (κ1) is 10.1. The van der Waals surface area contributed by atoms with Gasteiger partial charge in [0, 0.05) is 17.4 Å². The van der Waals surface area contributed by atoms with Gasteiger partial charge in [-0.05, 0) is 23.6 Å². The molecule has 0 amide bonds. The van der Waals surface area contributed by atoms with E-state index in [4.69, 9.17) is 5.73 Å². The van der Waals surface area contributed by atoms with Gasteiger partial charge in [0.05, 0.1) is 0 Å². The molecule has 0 bridgehead atoms. The third kappa shape index (κ3) is 1.96. The number of rotatable bonds is 3. The monoisotopic (exact) mass is 207 g/mol. The molecule has 0 aromatic heterocycles. The predicted octanol–water partition coefficient (Wildman–Crippen LogP) is 2.58. The third-order valence-electron chi connectivity index (χ3n) is 2.97. The molecule has 1 nitrogen and oxygen atoms in total. The van der Waals surface area contributed by atoms with Crippen molar-refractivity contribution < 1.29 is 0 Å². The van der Waals surface area contributed by atoms with Gasteiger partial charge in [0.25, 0.3) is 0 Å². The normalized spacial score (nSPS) is 19.0. The lowest BCUT2D eigenvalue weighted by Gasteiger charge is -2.25. The molecule has 0 spiro atoms. The fourth-order valence-electron chi connectivity index (χ4n) is 1.66. The minimum Gasteiger partial charge on any atom is -0.330 e. The first-order valence-corrected chi connectivity index (χ1v) is 6.34. The minimum atomic E-state index is 0.486. The molecule has 0 radical (unpaired) electrons. The number of thioether (sulfide) groups is 1. The van der Waals surface area contributed by atoms with Gasteiger partial charge < -0.3 is 5.73 Å². The zero-order valence-corrected chi connectivity index (χ0v) is 9.39. The van der Waals surface area contributed by atoms with E-state index in [0.29, 0.717) is 5.92 Å². The second kappa shape index (κ2) is 4.37. The van der Waals surface area contributed by atoms with Crippen LogP contribution in [0.25, 0.3) is 0 Å². The van der Waals surface area contributed by atoms with Crippen LogP contribution in [-0.4, -0.2) is 18.1 Å². The Morgan fingerprint density at radius 2 is 2.00 bits per heavy atom. The standard InChI is InChI=1S/C12H17NS/c1-9(6-13)10-2-4-11(5-3-10)12-7-14-8-12/h2-5,9,12H,6-8,13H2,1H3. The maximum Gasteiger partial charge on any atom is 0.00198 e. The van der Waals surface area contributed by atoms with Gasteiger partial charge in [-0.1, -0.05) is 31.2 Å². The second-order valence-electron chi connectivity index (χ2n) is 4.04. The van der Waals surface area contributed by atoms with E-state index >= 15 is 0 Å². The van der Waals surface area contributed by atoms with E-state index in [1.54, 1.807) is 0 Å². The van der Waals surface area contributed by atoms with Crippen LogP contribution in [0.15, 0.2) is 24.3 Å². The van der Waals surface area contributed by atoms with Crippen LogP contribution in [0.1, 0.15) is 29.9 Å². The van der Waals surface area contributed by atoms with E-state index in [9.17, 15) is 0 Å². The molecule has 1 fully saturated rings. The summed E-state index contributed by atoms with van der Waals surface area (Å²) in [7, 11) is 0. The van der Waals surface area contributed by atoms with Gasteiger partial charge in [-0.3, -0.25) is 0 Å². The minimum absolute atomic E-state index is 0.486. The van der Waals surface area contributed by atoms with Crippen molar-refractivity contribution in [3.63, 3.8) is 0 Å². The molecule has 2 heteroatoms. The highest BCUT2D eigenvalue weighted by Crippen LogP contribution is 2.34. The zero-order chi connectivity index (χ0) is 9.97. The van der Waals surface area contributed by atoms with Gasteiger partial charge in [0.1, 0.15) is 0 Å². The summed E-state index contributed by atoms with van der Waals surface area (Å²) in [5.41, 5.74) is 8.50. The molecule has 76 valence electrons. The highest BCUT2D eigenvalue weighted by atomic mass is 32.2. The van der Waals surface area contributed by atoms with Crippen LogP contribution in [0.2, 0.25) is 0 Å². The van der Waals surface area contributed by atoms with Crippen molar-refractivity contribution in [1.82, 2.24) is 0 Å². The molecule has 0 saturated carbocycles. The Morgan fingerprint density at radius 3 is 2.43 bits per heavy atom. The summed E-state index contributed by atoms with van der Waals surface area (Å²) in [4.78, 5) is 0. The van der Waals surface area contributed by atoms with E-state index in [-0.39, 0.29) is 0 Å². The summed E-state index contributed by atoms with van der Waals surface area (Å²) in [6.45, 7) is 2.91. The Kier molecular flexibility index (Phi) is 3.14. The Bertz CT molecular complexity index is 266. The summed E-state index contributed by atoms with van der Waals surface area (Å²) in [6.07, 6.45) is 0. The second-order valence-corrected chi connectivity index (χ2v) is 5.11. The van der Waals surface area contributed by atoms with Crippen LogP contribution in [0, 0.1) is 0 Å². The van der Waals surface area contributed by atoms with Crippen LogP contribution in [-0.2, 0) is 0 Å². The average Bonchev–Trinajstić information content (AvgIpc) is 2.15. The van der Waals surface area contributed by atoms with Gasteiger partial charge in [-0.25, -0.2) is 0 Å². The lowest BCUT2D eigenvalue weighted by Crippen LogP contribution is -2.15. The van der Waals surface area contributed by atoms with Crippen LogP contribution in [0.4, 0.5) is 0 Å². The fourth-order valence-corrected chi connectivity index (χ4v) is 2.52. The summed E-state index contributed by atoms with van der Waals surface area (Å²) < 4.78 is 0. The van der Waals surface area contributed by atoms with Crippen LogP contribution >= 0.6 is 11.8 Å². The van der Waals surface area contributed by atoms with Crippen molar-refractivity contribution in [2.75, 3.05) is 18.1 Å². The Balaban J connectivity index is 2.09. The summed E-state index contributed by atoms with van der Waals surface area (Å²) >= 11 is 2.03. The largest absolute Gasteiger partial charge is 0.330 e. The van der Waals surface area contributed by atoms with E-state index in [1.165, 1.54) is 22.6 Å². The summed E-state index contributed by atoms with van der Waals surface area (Å²) in [5.74, 6) is 3.89. The van der Waals surface area contributed by atoms with Crippen molar-refractivity contribution in [3.05, 3.63) is 35.4 Å². The molecule has 1 aliphatic rings. The maximum absolute atomic E-state index is 5.64. The highest BCUT2D eigenvalue weighted by molar-refractivity contribution is 8.00. The van der Waals surface area contributed by atoms with E-state index in [1.807, 2.05) is 11.8 Å². The lowest BCUT2D eigenvalue weighted by atomic mass is 9.96. The number of hydrogen-bond acceptors (Lipinski definition) is 2. The van der Waals surface area contributed by atoms with Crippen LogP contribution in [0.5, 0.6) is 0 Å². The lowest BCUT2D eigenvalue weighted by molar-refractivity contribution is 0.770. The Labute approximate surface area is 90.1 Å². The summed E-state index contributed by atoms with van der Waals surface area (Å²) in [6, 6.07) is 9.00. The SMILES string of the molecule is CC(CN)c1ccc(C2CSC2)cc1. The van der Waals surface area contributed by atoms with Crippen LogP contribution in [0.3, 0.4) is 0 Å². The van der Waals surface area contributed by atoms with Crippen molar-refractivity contribution in [3.8, 4) is 0 Å². The van der Waals surface area contributed by atoms with E-state index in [0.717, 1.165) is 12.5 Å². The van der Waals surface area contributed by atoms with Crippen molar-refractivity contribution in [1.29, 1.82) is 0 Å². The summed E-state index contributed by atoms with van der Waals surface area (Å²) in [5, 5.41) is 0. The highest BCUT2D eigenvalue weighted by Gasteiger charge is 2.19. The number of benzene rings is 1. The predicted molar refractivity (Wildman–Crippen MR) is 64.0 cm³/mol. The zero-order valence-electron chi connectivity index (χ0n) is 8.57. The molecule has 14 heavy (non-hydrogen) atoms. The number of hydrogen-bond donors (Lipinski definition) is 1. The topological polar surface area (TPSA) is 26.0 Å². The third-order valence-corrected chi connectivity index (χ3v) is 4.24. The average molecular weight is 207 g/mol. The van der Waals surface area contributed by atoms with E-state index in [2.05, 4.69) is 31.2 Å². The first-order chi connectivity index (χ1) is 6.81. The maximum atomic E-state index is 5.64. The molecule has 2 rings (SSSR count). The number of nitrogens with two attached hydrogens (primary N) is 1. The molecule has 0 aliphatic carbocycles. The molecular weight excluding hydrogens is 190 g/mol. The quantitative estimate of drug-likeness (QED) is 0.824. The molecule has 1 aromatic rings. The molecule has 1 heterocycles. The molecule has 1 aromatic carbocycles. The van der Waals surface area contributed by atoms with Crippen molar-refractivity contribution >= 4 is 11.8 Å². The molecule has 1 atom stereocenters. The molecular formula is C12H17NS. The van der Waals surface area contributed by atoms with Crippen molar-refractivity contribution in [2.45, 2.75) is 18.8 Å². The molecule has 2 N–H and O–H groups in total. The van der Waals surface area contributed by atoms with Crippen molar-refractivity contribution in [2.24, 2.45) is 5.73 Å². The van der Waals surface area contributed by atoms with Gasteiger partial charge in [-0.15, -0.1) is 0 Å². The van der Waals surface area contributed by atoms with Gasteiger partial charge >= 0.3 is 0 Å². The molecule has 1 saturated heterocycles. The van der Waals surface area contributed by atoms with Crippen LogP contribution < -0.4 is 5.73 Å². The first-order valence-electron chi connectivity index (χ1n) is 5.19. The Hall–Kier alpha value is -0.470. The van der Waals surface area contributed by atoms with Gasteiger partial charge in [-0.2, -0.15) is 11.8 Å². The Morgan fingerprint density at radius 1 is 1.36 bits per heavy atom. The fraction of sp³-hybridized carbons (Fsp3) is 0.500. The smallest absolute Gasteiger partial charge is 0.00198 e.